The summed E-state index contributed by atoms with van der Waals surface area (Å²) in [6.45, 7) is 2.08. The van der Waals surface area contributed by atoms with Gasteiger partial charge in [0.05, 0.1) is 16.9 Å². The summed E-state index contributed by atoms with van der Waals surface area (Å²) in [5.41, 5.74) is 0.193. The van der Waals surface area contributed by atoms with Gasteiger partial charge in [0.2, 0.25) is 21.8 Å². The summed E-state index contributed by atoms with van der Waals surface area (Å²) in [6.07, 6.45) is 4.52. The fourth-order valence-corrected chi connectivity index (χ4v) is 5.26. The van der Waals surface area contributed by atoms with Crippen LogP contribution in [-0.2, 0) is 26.2 Å². The Balaban J connectivity index is 1.95. The van der Waals surface area contributed by atoms with Crippen LogP contribution in [0.25, 0.3) is 0 Å². The van der Waals surface area contributed by atoms with Crippen LogP contribution in [0.5, 0.6) is 0 Å². The number of amides is 2. The van der Waals surface area contributed by atoms with Crippen molar-refractivity contribution in [2.45, 2.75) is 58.2 Å². The van der Waals surface area contributed by atoms with E-state index in [0.29, 0.717) is 5.56 Å². The number of nitrogens with one attached hydrogen (secondary N) is 1. The summed E-state index contributed by atoms with van der Waals surface area (Å²) in [7, 11) is -4.07. The molecule has 0 aromatic heterocycles. The molecule has 37 heavy (non-hydrogen) atoms. The molecule has 1 N–H and O–H groups in total. The van der Waals surface area contributed by atoms with E-state index < -0.39 is 45.2 Å². The molecule has 0 aliphatic heterocycles. The Labute approximate surface area is 215 Å². The van der Waals surface area contributed by atoms with E-state index in [1.54, 1.807) is 13.0 Å². The number of halogens is 1. The zero-order chi connectivity index (χ0) is 27.3. The maximum Gasteiger partial charge on any atom is 0.271 e. The summed E-state index contributed by atoms with van der Waals surface area (Å²) >= 11 is 0. The molecule has 0 bridgehead atoms. The molecule has 200 valence electrons. The summed E-state index contributed by atoms with van der Waals surface area (Å²) in [6, 6.07) is 8.48. The number of nitro benzene ring substituents is 1. The third kappa shape index (κ3) is 7.03. The number of carbonyl (C=O) groups excluding carboxylic acids is 2. The van der Waals surface area contributed by atoms with Gasteiger partial charge in [-0.15, -0.1) is 0 Å². The molecule has 2 aromatic rings. The number of carbonyl (C=O) groups is 2. The third-order valence-electron chi connectivity index (χ3n) is 6.52. The molecule has 2 amide bonds. The Morgan fingerprint density at radius 1 is 1.19 bits per heavy atom. The molecule has 1 saturated carbocycles. The minimum atomic E-state index is -4.07. The number of hydrogen-bond acceptors (Lipinski definition) is 6. The standard InChI is InChI=1S/C25H31FN4O6S/c1-17-12-13-21(30(33)34)14-23(17)29(37(3,35)36)16-24(31)28(15-19-8-4-7-11-22(19)26)18(2)25(32)27-20-9-5-6-10-20/h4,7-8,11-14,18,20H,5-6,9-10,15-16H2,1-3H3,(H,27,32). The number of sulfonamides is 1. The SMILES string of the molecule is Cc1ccc([N+](=O)[O-])cc1N(CC(=O)N(Cc1ccccc1F)C(C)C(=O)NC1CCCC1)S(C)(=O)=O. The van der Waals surface area contributed by atoms with Crippen LogP contribution in [0.4, 0.5) is 15.8 Å². The Kier molecular flexibility index (Phi) is 8.85. The van der Waals surface area contributed by atoms with E-state index in [2.05, 4.69) is 5.32 Å². The topological polar surface area (TPSA) is 130 Å². The predicted molar refractivity (Wildman–Crippen MR) is 137 cm³/mol. The van der Waals surface area contributed by atoms with Crippen LogP contribution in [-0.4, -0.2) is 54.9 Å². The quantitative estimate of drug-likeness (QED) is 0.368. The van der Waals surface area contributed by atoms with Crippen molar-refractivity contribution < 1.29 is 27.3 Å². The molecule has 1 unspecified atom stereocenters. The molecule has 1 fully saturated rings. The molecule has 3 rings (SSSR count). The lowest BCUT2D eigenvalue weighted by molar-refractivity contribution is -0.384. The first kappa shape index (κ1) is 28.0. The van der Waals surface area contributed by atoms with Gasteiger partial charge in [-0.2, -0.15) is 0 Å². The van der Waals surface area contributed by atoms with E-state index in [4.69, 9.17) is 0 Å². The molecule has 1 aliphatic rings. The molecular formula is C25H31FN4O6S. The highest BCUT2D eigenvalue weighted by Gasteiger charge is 2.32. The van der Waals surface area contributed by atoms with Crippen LogP contribution in [0, 0.1) is 22.9 Å². The smallest absolute Gasteiger partial charge is 0.271 e. The number of non-ortho nitro benzene ring substituents is 1. The zero-order valence-corrected chi connectivity index (χ0v) is 21.8. The van der Waals surface area contributed by atoms with Gasteiger partial charge in [0, 0.05) is 30.3 Å². The largest absolute Gasteiger partial charge is 0.352 e. The van der Waals surface area contributed by atoms with Gasteiger partial charge in [-0.1, -0.05) is 37.1 Å². The molecule has 0 radical (unpaired) electrons. The number of rotatable bonds is 10. The molecule has 12 heteroatoms. The Bertz CT molecular complexity index is 1280. The van der Waals surface area contributed by atoms with E-state index in [9.17, 15) is 32.5 Å². The number of benzene rings is 2. The summed E-state index contributed by atoms with van der Waals surface area (Å²) in [5.74, 6) is -1.75. The highest BCUT2D eigenvalue weighted by molar-refractivity contribution is 7.92. The van der Waals surface area contributed by atoms with Crippen molar-refractivity contribution in [3.63, 3.8) is 0 Å². The number of hydrogen-bond donors (Lipinski definition) is 1. The second kappa shape index (κ2) is 11.7. The molecule has 2 aromatic carbocycles. The molecule has 0 heterocycles. The molecule has 1 atom stereocenters. The van der Waals surface area contributed by atoms with E-state index in [-0.39, 0.29) is 29.5 Å². The summed E-state index contributed by atoms with van der Waals surface area (Å²) in [5, 5.41) is 14.2. The minimum absolute atomic E-state index is 0.0135. The molecule has 10 nitrogen and oxygen atoms in total. The van der Waals surface area contributed by atoms with Crippen molar-refractivity contribution in [1.29, 1.82) is 0 Å². The first-order chi connectivity index (χ1) is 17.4. The lowest BCUT2D eigenvalue weighted by Crippen LogP contribution is -2.52. The second-order valence-electron chi connectivity index (χ2n) is 9.28. The van der Waals surface area contributed by atoms with Crippen molar-refractivity contribution in [2.24, 2.45) is 0 Å². The highest BCUT2D eigenvalue weighted by atomic mass is 32.2. The maximum absolute atomic E-state index is 14.5. The van der Waals surface area contributed by atoms with Crippen LogP contribution in [0.15, 0.2) is 42.5 Å². The van der Waals surface area contributed by atoms with Gasteiger partial charge in [0.1, 0.15) is 18.4 Å². The van der Waals surface area contributed by atoms with Crippen LogP contribution in [0.1, 0.15) is 43.7 Å². The van der Waals surface area contributed by atoms with Crippen molar-refractivity contribution >= 4 is 33.2 Å². The van der Waals surface area contributed by atoms with Gasteiger partial charge in [0.15, 0.2) is 0 Å². The van der Waals surface area contributed by atoms with Crippen molar-refractivity contribution in [3.8, 4) is 0 Å². The molecule has 0 saturated heterocycles. The van der Waals surface area contributed by atoms with Crippen LogP contribution >= 0.6 is 0 Å². The summed E-state index contributed by atoms with van der Waals surface area (Å²) < 4.78 is 40.7. The van der Waals surface area contributed by atoms with Gasteiger partial charge < -0.3 is 10.2 Å². The van der Waals surface area contributed by atoms with E-state index in [1.165, 1.54) is 37.3 Å². The monoisotopic (exact) mass is 534 g/mol. The van der Waals surface area contributed by atoms with Gasteiger partial charge in [-0.3, -0.25) is 24.0 Å². The van der Waals surface area contributed by atoms with Crippen LogP contribution < -0.4 is 9.62 Å². The first-order valence-electron chi connectivity index (χ1n) is 11.9. The van der Waals surface area contributed by atoms with Gasteiger partial charge in [-0.25, -0.2) is 12.8 Å². The first-order valence-corrected chi connectivity index (χ1v) is 13.8. The van der Waals surface area contributed by atoms with Gasteiger partial charge >= 0.3 is 0 Å². The number of aryl methyl sites for hydroxylation is 1. The number of nitro groups is 1. The van der Waals surface area contributed by atoms with E-state index >= 15 is 0 Å². The average molecular weight is 535 g/mol. The predicted octanol–water partition coefficient (Wildman–Crippen LogP) is 3.28. The average Bonchev–Trinajstić information content (AvgIpc) is 3.34. The highest BCUT2D eigenvalue weighted by Crippen LogP contribution is 2.28. The van der Waals surface area contributed by atoms with Gasteiger partial charge in [-0.05, 0) is 38.3 Å². The lowest BCUT2D eigenvalue weighted by atomic mass is 10.1. The number of anilines is 1. The van der Waals surface area contributed by atoms with Crippen LogP contribution in [0.3, 0.4) is 0 Å². The third-order valence-corrected chi connectivity index (χ3v) is 7.65. The fourth-order valence-electron chi connectivity index (χ4n) is 4.36. The van der Waals surface area contributed by atoms with E-state index in [1.807, 2.05) is 0 Å². The van der Waals surface area contributed by atoms with E-state index in [0.717, 1.165) is 47.2 Å². The normalized spacial score (nSPS) is 14.7. The molecule has 1 aliphatic carbocycles. The second-order valence-corrected chi connectivity index (χ2v) is 11.2. The minimum Gasteiger partial charge on any atom is -0.352 e. The zero-order valence-electron chi connectivity index (χ0n) is 21.0. The van der Waals surface area contributed by atoms with Crippen LogP contribution in [0.2, 0.25) is 0 Å². The Morgan fingerprint density at radius 3 is 2.43 bits per heavy atom. The van der Waals surface area contributed by atoms with Gasteiger partial charge in [0.25, 0.3) is 5.69 Å². The Hall–Kier alpha value is -3.54. The number of nitrogens with zero attached hydrogens (tertiary/aromatic N) is 3. The maximum atomic E-state index is 14.5. The van der Waals surface area contributed by atoms with Crippen molar-refractivity contribution in [3.05, 3.63) is 69.5 Å². The lowest BCUT2D eigenvalue weighted by Gasteiger charge is -2.32. The Morgan fingerprint density at radius 2 is 1.84 bits per heavy atom. The summed E-state index contributed by atoms with van der Waals surface area (Å²) in [4.78, 5) is 38.4. The molecule has 0 spiro atoms. The van der Waals surface area contributed by atoms with Crippen molar-refractivity contribution in [2.75, 3.05) is 17.1 Å². The van der Waals surface area contributed by atoms with Crippen molar-refractivity contribution in [1.82, 2.24) is 10.2 Å². The molecular weight excluding hydrogens is 503 g/mol. The fraction of sp³-hybridized carbons (Fsp3) is 0.440.